The topological polar surface area (TPSA) is 587 Å². The number of carbonyl (C=O) groups is 15. The van der Waals surface area contributed by atoms with Gasteiger partial charge in [0.1, 0.15) is 42.3 Å². The van der Waals surface area contributed by atoms with Crippen molar-refractivity contribution in [1.82, 2.24) is 87.7 Å². The number of nitrogens with zero attached hydrogens (tertiary/aromatic N) is 5. The summed E-state index contributed by atoms with van der Waals surface area (Å²) < 4.78 is 0. The van der Waals surface area contributed by atoms with E-state index in [2.05, 4.69) is 82.0 Å². The number of para-hydroxylation sites is 1. The van der Waals surface area contributed by atoms with Gasteiger partial charge in [-0.05, 0) is 160 Å². The molecule has 18 atom stereocenters. The number of hydrogen-bond donors (Lipinski definition) is 19. The maximum Gasteiger partial charge on any atom is 0.317 e. The Labute approximate surface area is 720 Å². The van der Waals surface area contributed by atoms with Crippen molar-refractivity contribution in [1.29, 1.82) is 0 Å². The fraction of sp³-hybridized carbons (Fsp3) is 0.687. The molecule has 0 bridgehead atoms. The van der Waals surface area contributed by atoms with Gasteiger partial charge in [-0.15, -0.1) is 0 Å². The van der Waals surface area contributed by atoms with Crippen LogP contribution in [0.4, 0.5) is 0 Å². The number of benzene rings is 1. The molecule has 1 saturated heterocycles. The van der Waals surface area contributed by atoms with Gasteiger partial charge in [0.2, 0.25) is 70.9 Å². The molecule has 39 nitrogen and oxygen atoms in total. The minimum atomic E-state index is -1.41. The van der Waals surface area contributed by atoms with Crippen LogP contribution in [0.1, 0.15) is 143 Å². The minimum Gasteiger partial charge on any atom is -0.480 e. The summed E-state index contributed by atoms with van der Waals surface area (Å²) >= 11 is 1.46. The molecular formula is C83H129N19O20S. The van der Waals surface area contributed by atoms with E-state index in [4.69, 9.17) is 11.5 Å². The van der Waals surface area contributed by atoms with Crippen LogP contribution in [0.15, 0.2) is 43.0 Å². The molecule has 12 amide bonds. The first-order valence-corrected chi connectivity index (χ1v) is 44.1. The van der Waals surface area contributed by atoms with Crippen LogP contribution in [0.2, 0.25) is 0 Å². The molecule has 0 unspecified atom stereocenters. The van der Waals surface area contributed by atoms with Gasteiger partial charge in [0, 0.05) is 113 Å². The first-order chi connectivity index (χ1) is 58.2. The number of nitrogens with two attached hydrogens (primary N) is 2. The second-order valence-corrected chi connectivity index (χ2v) is 36.0. The molecule has 40 heteroatoms. The van der Waals surface area contributed by atoms with Crippen molar-refractivity contribution in [3.05, 3.63) is 54.2 Å². The third kappa shape index (κ3) is 28.6. The molecular weight excluding hydrogens is 1620 g/mol. The first kappa shape index (κ1) is 98.6. The van der Waals surface area contributed by atoms with Crippen molar-refractivity contribution in [2.75, 3.05) is 104 Å². The van der Waals surface area contributed by atoms with E-state index in [1.165, 1.54) is 38.1 Å². The Kier molecular flexibility index (Phi) is 37.0. The van der Waals surface area contributed by atoms with Crippen LogP contribution in [-0.2, 0) is 84.8 Å². The number of fused-ring (bicyclic) bond motifs is 6. The molecule has 4 aliphatic carbocycles. The first-order valence-electron chi connectivity index (χ1n) is 42.7. The van der Waals surface area contributed by atoms with Crippen LogP contribution in [0.25, 0.3) is 10.9 Å². The largest absolute Gasteiger partial charge is 0.480 e. The molecule has 0 spiro atoms. The molecule has 2 aromatic heterocycles. The molecule has 0 radical (unpaired) electrons. The van der Waals surface area contributed by atoms with Gasteiger partial charge < -0.3 is 100 Å². The molecule has 3 heterocycles. The number of carbonyl (C=O) groups excluding carboxylic acids is 12. The average Bonchev–Trinajstić information content (AvgIpc) is 1.64. The Bertz CT molecular complexity index is 4140. The quantitative estimate of drug-likeness (QED) is 0.0288. The number of thioether (sulfide) groups is 1. The van der Waals surface area contributed by atoms with Gasteiger partial charge in [0.15, 0.2) is 0 Å². The van der Waals surface area contributed by atoms with E-state index < -0.39 is 155 Å². The maximum absolute atomic E-state index is 14.6. The molecule has 4 saturated carbocycles. The highest BCUT2D eigenvalue weighted by Crippen LogP contribution is 2.68. The standard InChI is InChI=1S/C83H129N19O20S/c1-46(2)31-61(80(121)96-59(75(85)116)20-30-123-8)97-81(122)63(35-53-38-86-45-90-53)95-69(108)40-89-76(117)48(4)91-77(118)49(5)92-79(120)62(32-50-37-87-58-12-10-9-11-54(50)58)98-78(119)60(16-17-66(84)105)94-67(106)18-13-47(3)55-14-15-56-74-57(36-65(104)83(55,56)7)82(6)21-19-52(33-51(82)34-64(74)103)93-68(107)39-88-70(109)41-99-22-24-100(42-71(110)111)26-28-102(44-73(114)115)29-27-101(25-23-99)43-72(112)113/h9-12,37-38,45-49,51-52,55-57,59-65,74,87,103-104H,13-36,39-44H2,1-8H3,(H2,84,105)(H2,85,116)(H,86,90)(H,88,109)(H,89,117)(H,91,118)(H,92,120)(H,93,107)(H,94,106)(H,95,108)(H,96,121)(H,97,122)(H,98,119)(H,110,111)(H,112,113)(H,114,115)/t47-,48+,49+,51+,52+,55-,56+,57+,59+,60+,61+,62+,63+,64-,65+,74+,82+,83-/m1/s1. The predicted octanol–water partition coefficient (Wildman–Crippen LogP) is -2.13. The van der Waals surface area contributed by atoms with Crippen LogP contribution in [0.5, 0.6) is 0 Å². The lowest BCUT2D eigenvalue weighted by molar-refractivity contribution is -0.202. The zero-order valence-corrected chi connectivity index (χ0v) is 72.5. The number of aromatic nitrogens is 3. The van der Waals surface area contributed by atoms with Crippen molar-refractivity contribution in [2.24, 2.45) is 63.7 Å². The molecule has 21 N–H and O–H groups in total. The number of aromatic amines is 2. The van der Waals surface area contributed by atoms with E-state index in [0.29, 0.717) is 55.5 Å². The second-order valence-electron chi connectivity index (χ2n) is 35.0. The summed E-state index contributed by atoms with van der Waals surface area (Å²) in [6.07, 6.45) is 8.98. The van der Waals surface area contributed by atoms with Gasteiger partial charge in [-0.25, -0.2) is 4.98 Å². The smallest absolute Gasteiger partial charge is 0.317 e. The fourth-order valence-electron chi connectivity index (χ4n) is 19.1. The summed E-state index contributed by atoms with van der Waals surface area (Å²) in [6, 6.07) is -1.92. The highest BCUT2D eigenvalue weighted by atomic mass is 32.2. The number of primary amides is 2. The summed E-state index contributed by atoms with van der Waals surface area (Å²) in [5.74, 6) is -11.8. The van der Waals surface area contributed by atoms with Gasteiger partial charge in [-0.3, -0.25) is 91.5 Å². The third-order valence-corrected chi connectivity index (χ3v) is 26.4. The normalized spacial score (nSPS) is 24.8. The number of carboxylic acids is 3. The van der Waals surface area contributed by atoms with E-state index in [9.17, 15) is 97.5 Å². The van der Waals surface area contributed by atoms with Crippen molar-refractivity contribution in [3.8, 4) is 0 Å². The summed E-state index contributed by atoms with van der Waals surface area (Å²) in [5.41, 5.74) is 12.0. The predicted molar refractivity (Wildman–Crippen MR) is 452 cm³/mol. The molecule has 1 aliphatic heterocycles. The highest BCUT2D eigenvalue weighted by Gasteiger charge is 2.66. The molecule has 1 aromatic carbocycles. The van der Waals surface area contributed by atoms with Crippen molar-refractivity contribution in [2.45, 2.75) is 205 Å². The van der Waals surface area contributed by atoms with Crippen molar-refractivity contribution >= 4 is 111 Å². The summed E-state index contributed by atoms with van der Waals surface area (Å²) in [4.78, 5) is 215. The Morgan fingerprint density at radius 1 is 0.561 bits per heavy atom. The van der Waals surface area contributed by atoms with Crippen molar-refractivity contribution in [3.63, 3.8) is 0 Å². The number of imidazole rings is 1. The minimum absolute atomic E-state index is 0.00630. The third-order valence-electron chi connectivity index (χ3n) is 25.8. The zero-order valence-electron chi connectivity index (χ0n) is 71.7. The number of aliphatic hydroxyl groups is 2. The van der Waals surface area contributed by atoms with E-state index in [-0.39, 0.29) is 183 Å². The van der Waals surface area contributed by atoms with Gasteiger partial charge in [-0.1, -0.05) is 52.8 Å². The Morgan fingerprint density at radius 3 is 1.71 bits per heavy atom. The summed E-state index contributed by atoms with van der Waals surface area (Å²) in [7, 11) is 0. The zero-order chi connectivity index (χ0) is 90.2. The number of aliphatic hydroxyl groups excluding tert-OH is 2. The fourth-order valence-corrected chi connectivity index (χ4v) is 19.6. The number of H-pyrrole nitrogens is 2. The molecule has 5 fully saturated rings. The van der Waals surface area contributed by atoms with E-state index in [0.717, 1.165) is 23.7 Å². The van der Waals surface area contributed by atoms with Crippen molar-refractivity contribution < 1.29 is 97.5 Å². The summed E-state index contributed by atoms with van der Waals surface area (Å²) in [5, 5.41) is 81.2. The highest BCUT2D eigenvalue weighted by molar-refractivity contribution is 7.98. The van der Waals surface area contributed by atoms with Gasteiger partial charge in [0.25, 0.3) is 0 Å². The van der Waals surface area contributed by atoms with E-state index >= 15 is 0 Å². The van der Waals surface area contributed by atoms with Crippen LogP contribution < -0.4 is 64.6 Å². The number of hydrogen-bond acceptors (Lipinski definition) is 23. The van der Waals surface area contributed by atoms with Gasteiger partial charge in [0.05, 0.1) is 57.8 Å². The van der Waals surface area contributed by atoms with Gasteiger partial charge >= 0.3 is 17.9 Å². The Morgan fingerprint density at radius 2 is 1.11 bits per heavy atom. The molecule has 3 aromatic rings. The molecule has 5 aliphatic rings. The van der Waals surface area contributed by atoms with E-state index in [1.807, 2.05) is 39.2 Å². The second kappa shape index (κ2) is 46.2. The van der Waals surface area contributed by atoms with Crippen LogP contribution >= 0.6 is 11.8 Å². The lowest BCUT2D eigenvalue weighted by Crippen LogP contribution is -2.63. The number of amides is 12. The molecule has 123 heavy (non-hydrogen) atoms. The molecule has 8 rings (SSSR count). The van der Waals surface area contributed by atoms with Crippen LogP contribution in [-0.4, -0.2) is 313 Å². The number of rotatable bonds is 43. The van der Waals surface area contributed by atoms with Gasteiger partial charge in [-0.2, -0.15) is 11.8 Å². The average molecular weight is 1750 g/mol. The van der Waals surface area contributed by atoms with Crippen LogP contribution in [0, 0.1) is 52.3 Å². The van der Waals surface area contributed by atoms with E-state index in [1.54, 1.807) is 37.9 Å². The number of nitrogens with one attached hydrogen (secondary N) is 12. The lowest BCUT2D eigenvalue weighted by atomic mass is 9.43. The Balaban J connectivity index is 0.831. The molecule has 682 valence electrons. The number of carboxylic acid groups (broad SMARTS) is 3. The maximum atomic E-state index is 14.6. The summed E-state index contributed by atoms with van der Waals surface area (Å²) in [6.45, 7) is 12.3. The SMILES string of the molecule is CSCC[C@H](NC(=O)[C@H](CC(C)C)NC(=O)[C@H](Cc1cnc[nH]1)NC(=O)CNC(=O)[C@H](C)NC(=O)[C@H](C)NC(=O)[C@H](Cc1c[nH]c2ccccc12)NC(=O)[C@H](CCC(N)=O)NC(=O)CC[C@@H](C)[C@H]1CC[C@H]2[C@@H]3[C@H](O)C[C@@H]4C[C@@H](NC(=O)CNC(=O)CN5CCN(CC(=O)O)CCN(CC(=O)O)CCN(CC(=O)O)CC5)CC[C@]4(C)[C@H]3C[C@H](O)[C@]12C)C(N)=O. The monoisotopic (exact) mass is 1740 g/mol. The lowest BCUT2D eigenvalue weighted by Gasteiger charge is -2.63. The Hall–Kier alpha value is -9.87. The van der Waals surface area contributed by atoms with Crippen LogP contribution in [0.3, 0.4) is 0 Å². The number of aliphatic carboxylic acids is 3.